The van der Waals surface area contributed by atoms with Gasteiger partial charge in [-0.15, -0.1) is 5.10 Å². The monoisotopic (exact) mass is 417 g/mol. The number of imidazole rings is 1. The highest BCUT2D eigenvalue weighted by Gasteiger charge is 2.35. The number of H-pyrrole nitrogens is 1. The number of para-hydroxylation sites is 2. The lowest BCUT2D eigenvalue weighted by molar-refractivity contribution is -0.384. The number of carbonyl (C=O) groups is 1. The molecule has 0 saturated carbocycles. The minimum absolute atomic E-state index is 0.0511. The highest BCUT2D eigenvalue weighted by molar-refractivity contribution is 5.94. The number of nitrogens with one attached hydrogen (secondary N) is 1. The largest absolute Gasteiger partial charge is 0.340 e. The Morgan fingerprint density at radius 2 is 2.06 bits per heavy atom. The molecule has 31 heavy (non-hydrogen) atoms. The number of aromatic amines is 1. The standard InChI is InChI=1S/C21H19N7O3/c1-13-19(24-25-27(13)14-6-4-7-15(12-14)28(30)31)21(29)26-11-5-10-18(26)20-22-16-8-2-3-9-17(16)23-20/h2-4,6-9,12,18H,5,10-11H2,1H3,(H,22,23). The molecule has 156 valence electrons. The van der Waals surface area contributed by atoms with Crippen molar-refractivity contribution in [2.45, 2.75) is 25.8 Å². The molecule has 0 bridgehead atoms. The van der Waals surface area contributed by atoms with Crippen molar-refractivity contribution in [2.24, 2.45) is 0 Å². The lowest BCUT2D eigenvalue weighted by Crippen LogP contribution is -2.32. The van der Waals surface area contributed by atoms with E-state index in [1.54, 1.807) is 24.0 Å². The first-order valence-electron chi connectivity index (χ1n) is 9.95. The van der Waals surface area contributed by atoms with E-state index in [2.05, 4.69) is 20.3 Å². The summed E-state index contributed by atoms with van der Waals surface area (Å²) >= 11 is 0. The zero-order valence-electron chi connectivity index (χ0n) is 16.7. The van der Waals surface area contributed by atoms with Crippen LogP contribution in [0.3, 0.4) is 0 Å². The Balaban J connectivity index is 1.46. The Labute approximate surface area is 176 Å². The summed E-state index contributed by atoms with van der Waals surface area (Å²) in [6.07, 6.45) is 1.68. The Morgan fingerprint density at radius 1 is 1.23 bits per heavy atom. The van der Waals surface area contributed by atoms with Crippen molar-refractivity contribution in [1.82, 2.24) is 29.9 Å². The normalized spacial score (nSPS) is 16.2. The molecule has 10 heteroatoms. The van der Waals surface area contributed by atoms with E-state index in [1.807, 2.05) is 24.3 Å². The van der Waals surface area contributed by atoms with Gasteiger partial charge in [0.15, 0.2) is 5.69 Å². The van der Waals surface area contributed by atoms with Crippen LogP contribution in [0.4, 0.5) is 5.69 Å². The van der Waals surface area contributed by atoms with Crippen molar-refractivity contribution in [3.8, 4) is 5.69 Å². The molecule has 1 atom stereocenters. The van der Waals surface area contributed by atoms with Crippen molar-refractivity contribution in [3.63, 3.8) is 0 Å². The summed E-state index contributed by atoms with van der Waals surface area (Å²) in [6, 6.07) is 13.7. The number of fused-ring (bicyclic) bond motifs is 1. The van der Waals surface area contributed by atoms with Crippen LogP contribution in [0.2, 0.25) is 0 Å². The zero-order valence-corrected chi connectivity index (χ0v) is 16.7. The molecule has 1 fully saturated rings. The smallest absolute Gasteiger partial charge is 0.276 e. The molecule has 0 spiro atoms. The van der Waals surface area contributed by atoms with E-state index in [-0.39, 0.29) is 23.3 Å². The van der Waals surface area contributed by atoms with Crippen LogP contribution in [0, 0.1) is 17.0 Å². The molecule has 4 aromatic rings. The fraction of sp³-hybridized carbons (Fsp3) is 0.238. The topological polar surface area (TPSA) is 123 Å². The number of hydrogen-bond acceptors (Lipinski definition) is 6. The molecule has 1 aliphatic rings. The van der Waals surface area contributed by atoms with Gasteiger partial charge in [0.05, 0.1) is 33.4 Å². The van der Waals surface area contributed by atoms with Crippen molar-refractivity contribution < 1.29 is 9.72 Å². The first-order valence-corrected chi connectivity index (χ1v) is 9.95. The van der Waals surface area contributed by atoms with Crippen molar-refractivity contribution >= 4 is 22.6 Å². The van der Waals surface area contributed by atoms with Crippen molar-refractivity contribution in [1.29, 1.82) is 0 Å². The summed E-state index contributed by atoms with van der Waals surface area (Å²) in [4.78, 5) is 33.7. The minimum Gasteiger partial charge on any atom is -0.340 e. The highest BCUT2D eigenvalue weighted by Crippen LogP contribution is 2.33. The van der Waals surface area contributed by atoms with Gasteiger partial charge in [0.2, 0.25) is 0 Å². The number of carbonyl (C=O) groups excluding carboxylic acids is 1. The van der Waals surface area contributed by atoms with E-state index in [9.17, 15) is 14.9 Å². The molecule has 5 rings (SSSR count). The fourth-order valence-corrected chi connectivity index (χ4v) is 4.07. The van der Waals surface area contributed by atoms with Crippen LogP contribution in [-0.2, 0) is 0 Å². The van der Waals surface area contributed by atoms with E-state index in [0.29, 0.717) is 17.9 Å². The third kappa shape index (κ3) is 3.21. The van der Waals surface area contributed by atoms with Gasteiger partial charge >= 0.3 is 0 Å². The Hall–Kier alpha value is -4.08. The average Bonchev–Trinajstić information content (AvgIpc) is 3.50. The molecule has 1 saturated heterocycles. The van der Waals surface area contributed by atoms with Gasteiger partial charge in [-0.2, -0.15) is 0 Å². The van der Waals surface area contributed by atoms with Crippen LogP contribution in [0.1, 0.15) is 40.9 Å². The molecule has 2 aromatic carbocycles. The molecule has 2 aromatic heterocycles. The number of amides is 1. The van der Waals surface area contributed by atoms with Gasteiger partial charge in [-0.05, 0) is 38.0 Å². The predicted molar refractivity (Wildman–Crippen MR) is 112 cm³/mol. The Bertz CT molecular complexity index is 1280. The van der Waals surface area contributed by atoms with E-state index >= 15 is 0 Å². The van der Waals surface area contributed by atoms with Crippen molar-refractivity contribution in [2.75, 3.05) is 6.54 Å². The molecule has 1 aliphatic heterocycles. The Kier molecular flexibility index (Phi) is 4.46. The second kappa shape index (κ2) is 7.31. The highest BCUT2D eigenvalue weighted by atomic mass is 16.6. The quantitative estimate of drug-likeness (QED) is 0.401. The van der Waals surface area contributed by atoms with E-state index in [0.717, 1.165) is 29.7 Å². The molecule has 10 nitrogen and oxygen atoms in total. The second-order valence-electron chi connectivity index (χ2n) is 7.51. The Morgan fingerprint density at radius 3 is 2.87 bits per heavy atom. The summed E-state index contributed by atoms with van der Waals surface area (Å²) in [5.74, 6) is 0.535. The van der Waals surface area contributed by atoms with Gasteiger partial charge in [-0.1, -0.05) is 23.4 Å². The van der Waals surface area contributed by atoms with E-state index in [1.165, 1.54) is 16.8 Å². The fourth-order valence-electron chi connectivity index (χ4n) is 4.07. The van der Waals surface area contributed by atoms with Crippen LogP contribution in [0.5, 0.6) is 0 Å². The summed E-state index contributed by atoms with van der Waals surface area (Å²) < 4.78 is 1.45. The number of nitrogens with zero attached hydrogens (tertiary/aromatic N) is 6. The van der Waals surface area contributed by atoms with Gasteiger partial charge in [0, 0.05) is 18.7 Å². The maximum absolute atomic E-state index is 13.3. The number of nitro groups is 1. The van der Waals surface area contributed by atoms with E-state index in [4.69, 9.17) is 0 Å². The number of benzene rings is 2. The maximum atomic E-state index is 13.3. The number of rotatable bonds is 4. The molecule has 1 N–H and O–H groups in total. The molecule has 0 radical (unpaired) electrons. The van der Waals surface area contributed by atoms with Gasteiger partial charge in [-0.3, -0.25) is 14.9 Å². The van der Waals surface area contributed by atoms with Gasteiger partial charge < -0.3 is 9.88 Å². The van der Waals surface area contributed by atoms with Crippen LogP contribution in [0.25, 0.3) is 16.7 Å². The molecule has 1 unspecified atom stereocenters. The predicted octanol–water partition coefficient (Wildman–Crippen LogP) is 3.34. The van der Waals surface area contributed by atoms with Gasteiger partial charge in [0.25, 0.3) is 11.6 Å². The lowest BCUT2D eigenvalue weighted by Gasteiger charge is -2.22. The second-order valence-corrected chi connectivity index (χ2v) is 7.51. The third-order valence-electron chi connectivity index (χ3n) is 5.62. The zero-order chi connectivity index (χ0) is 21.5. The minimum atomic E-state index is -0.468. The number of hydrogen-bond donors (Lipinski definition) is 1. The maximum Gasteiger partial charge on any atom is 0.276 e. The summed E-state index contributed by atoms with van der Waals surface area (Å²) in [7, 11) is 0. The molecular formula is C21H19N7O3. The molecule has 0 aliphatic carbocycles. The van der Waals surface area contributed by atoms with E-state index < -0.39 is 4.92 Å². The summed E-state index contributed by atoms with van der Waals surface area (Å²) in [5.41, 5.74) is 2.99. The lowest BCUT2D eigenvalue weighted by atomic mass is 10.2. The third-order valence-corrected chi connectivity index (χ3v) is 5.62. The first kappa shape index (κ1) is 18.9. The number of aromatic nitrogens is 5. The number of likely N-dealkylation sites (tertiary alicyclic amines) is 1. The summed E-state index contributed by atoms with van der Waals surface area (Å²) in [5, 5.41) is 19.3. The van der Waals surface area contributed by atoms with Crippen LogP contribution >= 0.6 is 0 Å². The van der Waals surface area contributed by atoms with Gasteiger partial charge in [-0.25, -0.2) is 9.67 Å². The molecule has 1 amide bonds. The first-order chi connectivity index (χ1) is 15.0. The van der Waals surface area contributed by atoms with Crippen LogP contribution in [0.15, 0.2) is 48.5 Å². The molecular weight excluding hydrogens is 398 g/mol. The van der Waals surface area contributed by atoms with Crippen LogP contribution < -0.4 is 0 Å². The van der Waals surface area contributed by atoms with Crippen molar-refractivity contribution in [3.05, 3.63) is 75.9 Å². The number of non-ortho nitro benzene ring substituents is 1. The number of nitro benzene ring substituents is 1. The average molecular weight is 417 g/mol. The van der Waals surface area contributed by atoms with Crippen LogP contribution in [-0.4, -0.2) is 47.2 Å². The summed E-state index contributed by atoms with van der Waals surface area (Å²) in [6.45, 7) is 2.34. The van der Waals surface area contributed by atoms with Gasteiger partial charge in [0.1, 0.15) is 5.82 Å². The SMILES string of the molecule is Cc1c(C(=O)N2CCCC2c2nc3ccccc3[nH]2)nnn1-c1cccc([N+](=O)[O-])c1. The molecule has 3 heterocycles.